The first-order chi connectivity index (χ1) is 17.8. The quantitative estimate of drug-likeness (QED) is 0.223. The molecule has 1 aromatic rings. The van der Waals surface area contributed by atoms with Gasteiger partial charge in [-0.2, -0.15) is 0 Å². The van der Waals surface area contributed by atoms with E-state index < -0.39 is 42.6 Å². The Bertz CT molecular complexity index is 915. The van der Waals surface area contributed by atoms with Crippen LogP contribution in [-0.2, 0) is 53.9 Å². The van der Waals surface area contributed by atoms with Crippen LogP contribution >= 0.6 is 0 Å². The molecule has 2 heterocycles. The van der Waals surface area contributed by atoms with E-state index in [1.54, 1.807) is 0 Å². The van der Waals surface area contributed by atoms with Crippen LogP contribution in [0.2, 0.25) is 0 Å². The van der Waals surface area contributed by atoms with Gasteiger partial charge in [-0.15, -0.1) is 0 Å². The van der Waals surface area contributed by atoms with E-state index >= 15 is 0 Å². The summed E-state index contributed by atoms with van der Waals surface area (Å²) in [6.07, 6.45) is -3.75. The fraction of sp³-hybridized carbons (Fsp3) is 0.455. The predicted molar refractivity (Wildman–Crippen MR) is 115 cm³/mol. The molecule has 1 aromatic carbocycles. The number of rotatable bonds is 12. The van der Waals surface area contributed by atoms with Crippen LogP contribution in [0.4, 0.5) is 9.59 Å². The second kappa shape index (κ2) is 14.9. The Morgan fingerprint density at radius 3 is 1.84 bits per heavy atom. The first-order valence-corrected chi connectivity index (χ1v) is 10.6. The minimum atomic E-state index is -0.856. The molecule has 3 rings (SSSR count). The SMILES string of the molecule is COCC(Cc1cc(C(=O)OCC2COC(=O)O2)cc(C(=O)OCC2COC(=O)O2)c1)OC=O.O=CO. The maximum Gasteiger partial charge on any atom is 0.508 e. The molecule has 15 nitrogen and oxygen atoms in total. The van der Waals surface area contributed by atoms with Crippen molar-refractivity contribution in [1.29, 1.82) is 0 Å². The van der Waals surface area contributed by atoms with Crippen LogP contribution in [0.25, 0.3) is 0 Å². The van der Waals surface area contributed by atoms with Gasteiger partial charge < -0.3 is 43.0 Å². The highest BCUT2D eigenvalue weighted by Crippen LogP contribution is 2.17. The number of cyclic esters (lactones) is 4. The molecule has 0 radical (unpaired) electrons. The number of carbonyl (C=O) groups is 6. The van der Waals surface area contributed by atoms with Gasteiger partial charge in [0.15, 0.2) is 12.2 Å². The van der Waals surface area contributed by atoms with Gasteiger partial charge in [-0.25, -0.2) is 19.2 Å². The average Bonchev–Trinajstić information content (AvgIpc) is 3.49. The molecule has 202 valence electrons. The highest BCUT2D eigenvalue weighted by atomic mass is 16.8. The molecule has 37 heavy (non-hydrogen) atoms. The third-order valence-electron chi connectivity index (χ3n) is 4.63. The second-order valence-corrected chi connectivity index (χ2v) is 7.34. The van der Waals surface area contributed by atoms with Gasteiger partial charge in [-0.3, -0.25) is 9.59 Å². The Kier molecular flexibility index (Phi) is 11.6. The van der Waals surface area contributed by atoms with Gasteiger partial charge >= 0.3 is 24.2 Å². The molecule has 0 bridgehead atoms. The standard InChI is InChI=1S/C21H22O13.CH2O2/c1-27-6-15(32-11-22)4-12-2-13(18(23)28-7-16-9-30-20(25)33-16)5-14(3-12)19(24)29-8-17-10-31-21(26)34-17;2-1-3/h2-3,5,11,15-17H,4,6-10H2,1H3;1H,(H,2,3). The summed E-state index contributed by atoms with van der Waals surface area (Å²) in [7, 11) is 1.43. The first kappa shape index (κ1) is 28.8. The second-order valence-electron chi connectivity index (χ2n) is 7.34. The van der Waals surface area contributed by atoms with E-state index in [2.05, 4.69) is 9.47 Å². The Hall–Kier alpha value is -4.40. The van der Waals surface area contributed by atoms with Gasteiger partial charge in [0.1, 0.15) is 32.5 Å². The molecule has 15 heteroatoms. The van der Waals surface area contributed by atoms with E-state index in [0.717, 1.165) is 0 Å². The van der Waals surface area contributed by atoms with E-state index in [1.807, 2.05) is 0 Å². The van der Waals surface area contributed by atoms with Crippen LogP contribution in [0.3, 0.4) is 0 Å². The Labute approximate surface area is 209 Å². The zero-order valence-corrected chi connectivity index (χ0v) is 19.5. The third kappa shape index (κ3) is 9.64. The predicted octanol–water partition coefficient (Wildman–Crippen LogP) is 0.502. The Balaban J connectivity index is 0.00000153. The molecule has 1 N–H and O–H groups in total. The van der Waals surface area contributed by atoms with Gasteiger partial charge in [-0.05, 0) is 23.8 Å². The molecule has 2 fully saturated rings. The van der Waals surface area contributed by atoms with Gasteiger partial charge in [0.25, 0.3) is 12.9 Å². The molecule has 0 saturated carbocycles. The van der Waals surface area contributed by atoms with Gasteiger partial charge in [0.2, 0.25) is 0 Å². The van der Waals surface area contributed by atoms with Crippen molar-refractivity contribution in [2.45, 2.75) is 24.7 Å². The lowest BCUT2D eigenvalue weighted by Crippen LogP contribution is -2.23. The van der Waals surface area contributed by atoms with Gasteiger partial charge in [0.05, 0.1) is 17.7 Å². The van der Waals surface area contributed by atoms with Crippen LogP contribution in [0.1, 0.15) is 26.3 Å². The Morgan fingerprint density at radius 2 is 1.46 bits per heavy atom. The summed E-state index contributed by atoms with van der Waals surface area (Å²) < 4.78 is 39.2. The number of hydrogen-bond acceptors (Lipinski definition) is 14. The molecule has 2 aliphatic rings. The smallest absolute Gasteiger partial charge is 0.483 e. The van der Waals surface area contributed by atoms with Crippen molar-refractivity contribution in [3.8, 4) is 0 Å². The molecule has 0 spiro atoms. The molecular formula is C22H24O15. The normalized spacial score (nSPS) is 18.5. The number of hydrogen-bond donors (Lipinski definition) is 1. The maximum absolute atomic E-state index is 12.6. The van der Waals surface area contributed by atoms with Crippen molar-refractivity contribution in [1.82, 2.24) is 0 Å². The van der Waals surface area contributed by atoms with Crippen LogP contribution in [0.15, 0.2) is 18.2 Å². The maximum atomic E-state index is 12.6. The molecule has 2 aliphatic heterocycles. The summed E-state index contributed by atoms with van der Waals surface area (Å²) in [5.41, 5.74) is 0.469. The minimum absolute atomic E-state index is 0.00703. The lowest BCUT2D eigenvalue weighted by atomic mass is 10.0. The lowest BCUT2D eigenvalue weighted by Gasteiger charge is -2.16. The van der Waals surface area contributed by atoms with Crippen molar-refractivity contribution in [2.75, 3.05) is 40.1 Å². The van der Waals surface area contributed by atoms with E-state index in [1.165, 1.54) is 25.3 Å². The summed E-state index contributed by atoms with van der Waals surface area (Å²) >= 11 is 0. The molecule has 3 atom stereocenters. The minimum Gasteiger partial charge on any atom is -0.483 e. The summed E-state index contributed by atoms with van der Waals surface area (Å²) in [6.45, 7) is -0.508. The summed E-state index contributed by atoms with van der Waals surface area (Å²) in [5.74, 6) is -1.59. The summed E-state index contributed by atoms with van der Waals surface area (Å²) in [4.78, 5) is 66.4. The van der Waals surface area contributed by atoms with E-state index in [-0.39, 0.29) is 63.5 Å². The summed E-state index contributed by atoms with van der Waals surface area (Å²) in [5, 5.41) is 6.89. The number of carbonyl (C=O) groups excluding carboxylic acids is 5. The number of methoxy groups -OCH3 is 1. The fourth-order valence-corrected chi connectivity index (χ4v) is 3.12. The van der Waals surface area contributed by atoms with Crippen molar-refractivity contribution in [3.05, 3.63) is 34.9 Å². The number of ether oxygens (including phenoxy) is 8. The van der Waals surface area contributed by atoms with Crippen LogP contribution in [-0.4, -0.2) is 101 Å². The van der Waals surface area contributed by atoms with Crippen molar-refractivity contribution >= 4 is 37.2 Å². The first-order valence-electron chi connectivity index (χ1n) is 10.6. The molecule has 0 aliphatic carbocycles. The number of esters is 2. The monoisotopic (exact) mass is 528 g/mol. The molecular weight excluding hydrogens is 504 g/mol. The van der Waals surface area contributed by atoms with E-state index in [9.17, 15) is 24.0 Å². The van der Waals surface area contributed by atoms with Gasteiger partial charge in [-0.1, -0.05) is 0 Å². The average molecular weight is 528 g/mol. The molecule has 2 saturated heterocycles. The van der Waals surface area contributed by atoms with E-state index in [4.69, 9.17) is 38.3 Å². The number of carboxylic acid groups (broad SMARTS) is 1. The largest absolute Gasteiger partial charge is 0.508 e. The van der Waals surface area contributed by atoms with Crippen molar-refractivity contribution in [3.63, 3.8) is 0 Å². The highest BCUT2D eigenvalue weighted by Gasteiger charge is 2.28. The zero-order valence-electron chi connectivity index (χ0n) is 19.5. The van der Waals surface area contributed by atoms with Gasteiger partial charge in [0, 0.05) is 13.5 Å². The third-order valence-corrected chi connectivity index (χ3v) is 4.63. The number of benzene rings is 1. The topological polar surface area (TPSA) is 196 Å². The lowest BCUT2D eigenvalue weighted by molar-refractivity contribution is -0.135. The molecule has 3 unspecified atom stereocenters. The van der Waals surface area contributed by atoms with Crippen molar-refractivity contribution in [2.24, 2.45) is 0 Å². The molecule has 0 amide bonds. The van der Waals surface area contributed by atoms with Crippen molar-refractivity contribution < 1.29 is 71.8 Å². The zero-order chi connectivity index (χ0) is 27.2. The van der Waals surface area contributed by atoms with E-state index in [0.29, 0.717) is 5.56 Å². The fourth-order valence-electron chi connectivity index (χ4n) is 3.12. The highest BCUT2D eigenvalue weighted by molar-refractivity contribution is 5.95. The Morgan fingerprint density at radius 1 is 0.973 bits per heavy atom. The van der Waals surface area contributed by atoms with Crippen LogP contribution in [0.5, 0.6) is 0 Å². The molecule has 0 aromatic heterocycles. The van der Waals surface area contributed by atoms with Crippen LogP contribution in [0, 0.1) is 0 Å². The summed E-state index contributed by atoms with van der Waals surface area (Å²) in [6, 6.07) is 4.17. The van der Waals surface area contributed by atoms with Crippen LogP contribution < -0.4 is 0 Å².